The van der Waals surface area contributed by atoms with Gasteiger partial charge < -0.3 is 24.6 Å². The van der Waals surface area contributed by atoms with Crippen molar-refractivity contribution in [3.05, 3.63) is 23.8 Å². The lowest BCUT2D eigenvalue weighted by Crippen LogP contribution is -2.47. The fourth-order valence-electron chi connectivity index (χ4n) is 3.11. The first-order valence-electron chi connectivity index (χ1n) is 8.22. The maximum Gasteiger partial charge on any atom is 0.254 e. The molecule has 1 unspecified atom stereocenters. The average Bonchev–Trinajstić information content (AvgIpc) is 3.26. The van der Waals surface area contributed by atoms with E-state index in [9.17, 15) is 9.59 Å². The van der Waals surface area contributed by atoms with Crippen molar-refractivity contribution in [2.24, 2.45) is 0 Å². The second kappa shape index (κ2) is 8.40. The van der Waals surface area contributed by atoms with Crippen LogP contribution in [0.2, 0.25) is 0 Å². The van der Waals surface area contributed by atoms with E-state index in [1.165, 1.54) is 0 Å². The third-order valence-corrected chi connectivity index (χ3v) is 4.49. The van der Waals surface area contributed by atoms with Gasteiger partial charge in [0.15, 0.2) is 11.5 Å². The number of carbonyl (C=O) groups is 2. The molecule has 1 saturated heterocycles. The monoisotopic (exact) mass is 369 g/mol. The fraction of sp³-hybridized carbons (Fsp3) is 0.529. The van der Waals surface area contributed by atoms with Crippen LogP contribution in [-0.2, 0) is 4.79 Å². The summed E-state index contributed by atoms with van der Waals surface area (Å²) in [6.07, 6.45) is 1.55. The number of hydrogen-bond donors (Lipinski definition) is 1. The van der Waals surface area contributed by atoms with Crippen molar-refractivity contribution in [3.8, 4) is 11.5 Å². The Bertz CT molecular complexity index is 640. The van der Waals surface area contributed by atoms with Crippen LogP contribution in [0.1, 0.15) is 23.2 Å². The summed E-state index contributed by atoms with van der Waals surface area (Å²) < 4.78 is 10.6. The second-order valence-corrected chi connectivity index (χ2v) is 6.09. The highest BCUT2D eigenvalue weighted by atomic mass is 35.5. The summed E-state index contributed by atoms with van der Waals surface area (Å²) in [5.41, 5.74) is 0.525. The summed E-state index contributed by atoms with van der Waals surface area (Å²) in [7, 11) is 3.63. The molecule has 8 heteroatoms. The van der Waals surface area contributed by atoms with E-state index in [4.69, 9.17) is 9.47 Å². The standard InChI is InChI=1S/C17H23N3O4.ClH/c1-18-7-9-19(2)17(22)13-4-3-8-20(13)16(21)12-5-6-14-15(10-12)24-11-23-14;/h5-6,10,13,18H,3-4,7-9,11H2,1-2H3;1H. The van der Waals surface area contributed by atoms with Crippen LogP contribution in [0.5, 0.6) is 11.5 Å². The van der Waals surface area contributed by atoms with E-state index in [0.717, 1.165) is 13.0 Å². The molecule has 0 spiro atoms. The third kappa shape index (κ3) is 3.99. The van der Waals surface area contributed by atoms with Gasteiger partial charge in [-0.05, 0) is 38.1 Å². The molecule has 1 aromatic carbocycles. The number of carbonyl (C=O) groups excluding carboxylic acids is 2. The van der Waals surface area contributed by atoms with Crippen LogP contribution >= 0.6 is 12.4 Å². The number of fused-ring (bicyclic) bond motifs is 1. The number of likely N-dealkylation sites (tertiary alicyclic amines) is 1. The van der Waals surface area contributed by atoms with Gasteiger partial charge in [0.2, 0.25) is 12.7 Å². The summed E-state index contributed by atoms with van der Waals surface area (Å²) in [6, 6.07) is 4.77. The predicted molar refractivity (Wildman–Crippen MR) is 95.4 cm³/mol. The lowest BCUT2D eigenvalue weighted by molar-refractivity contribution is -0.133. The Kier molecular flexibility index (Phi) is 6.50. The van der Waals surface area contributed by atoms with Crippen LogP contribution in [0.15, 0.2) is 18.2 Å². The Labute approximate surface area is 153 Å². The van der Waals surface area contributed by atoms with Gasteiger partial charge in [0, 0.05) is 32.2 Å². The van der Waals surface area contributed by atoms with Gasteiger partial charge in [-0.1, -0.05) is 0 Å². The number of halogens is 1. The van der Waals surface area contributed by atoms with E-state index < -0.39 is 0 Å². The molecule has 1 fully saturated rings. The van der Waals surface area contributed by atoms with E-state index in [2.05, 4.69) is 5.32 Å². The normalized spacial score (nSPS) is 18.0. The maximum atomic E-state index is 12.8. The molecule has 138 valence electrons. The van der Waals surface area contributed by atoms with Crippen LogP contribution in [0.25, 0.3) is 0 Å². The van der Waals surface area contributed by atoms with Gasteiger partial charge in [-0.2, -0.15) is 0 Å². The molecule has 0 bridgehead atoms. The average molecular weight is 370 g/mol. The number of rotatable bonds is 5. The number of ether oxygens (including phenoxy) is 2. The molecular formula is C17H24ClN3O4. The molecule has 3 rings (SSSR count). The van der Waals surface area contributed by atoms with E-state index in [1.807, 2.05) is 7.05 Å². The molecule has 2 heterocycles. The van der Waals surface area contributed by atoms with Crippen molar-refractivity contribution in [2.45, 2.75) is 18.9 Å². The third-order valence-electron chi connectivity index (χ3n) is 4.49. The predicted octanol–water partition coefficient (Wildman–Crippen LogP) is 1.12. The van der Waals surface area contributed by atoms with Crippen molar-refractivity contribution in [1.29, 1.82) is 0 Å². The van der Waals surface area contributed by atoms with Gasteiger partial charge in [-0.3, -0.25) is 9.59 Å². The number of nitrogens with zero attached hydrogens (tertiary/aromatic N) is 2. The Morgan fingerprint density at radius 2 is 2.08 bits per heavy atom. The molecule has 2 aliphatic heterocycles. The van der Waals surface area contributed by atoms with E-state index in [-0.39, 0.29) is 37.1 Å². The summed E-state index contributed by atoms with van der Waals surface area (Å²) in [5, 5.41) is 3.03. The van der Waals surface area contributed by atoms with E-state index >= 15 is 0 Å². The lowest BCUT2D eigenvalue weighted by Gasteiger charge is -2.28. The van der Waals surface area contributed by atoms with Crippen LogP contribution in [0, 0.1) is 0 Å². The molecule has 0 aromatic heterocycles. The van der Waals surface area contributed by atoms with Gasteiger partial charge >= 0.3 is 0 Å². The Morgan fingerprint density at radius 1 is 1.32 bits per heavy atom. The summed E-state index contributed by atoms with van der Waals surface area (Å²) in [6.45, 7) is 2.13. The first-order valence-corrected chi connectivity index (χ1v) is 8.22. The highest BCUT2D eigenvalue weighted by Gasteiger charge is 2.36. The van der Waals surface area contributed by atoms with Crippen molar-refractivity contribution in [3.63, 3.8) is 0 Å². The van der Waals surface area contributed by atoms with Crippen LogP contribution in [0.4, 0.5) is 0 Å². The Balaban J connectivity index is 0.00000225. The van der Waals surface area contributed by atoms with E-state index in [1.54, 1.807) is 35.0 Å². The lowest BCUT2D eigenvalue weighted by atomic mass is 10.1. The van der Waals surface area contributed by atoms with Crippen LogP contribution in [0.3, 0.4) is 0 Å². The van der Waals surface area contributed by atoms with E-state index in [0.29, 0.717) is 36.6 Å². The molecule has 0 aliphatic carbocycles. The number of benzene rings is 1. The fourth-order valence-corrected chi connectivity index (χ4v) is 3.11. The number of hydrogen-bond acceptors (Lipinski definition) is 5. The minimum absolute atomic E-state index is 0. The summed E-state index contributed by atoms with van der Waals surface area (Å²) in [5.74, 6) is 1.09. The Hall–Kier alpha value is -1.99. The molecule has 0 saturated carbocycles. The maximum absolute atomic E-state index is 12.8. The first kappa shape index (κ1) is 19.3. The van der Waals surface area contributed by atoms with Gasteiger partial charge in [0.05, 0.1) is 0 Å². The quantitative estimate of drug-likeness (QED) is 0.842. The van der Waals surface area contributed by atoms with Crippen molar-refractivity contribution < 1.29 is 19.1 Å². The molecule has 2 aliphatic rings. The van der Waals surface area contributed by atoms with Crippen molar-refractivity contribution >= 4 is 24.2 Å². The van der Waals surface area contributed by atoms with Gasteiger partial charge in [-0.25, -0.2) is 0 Å². The minimum atomic E-state index is -0.384. The van der Waals surface area contributed by atoms with Crippen LogP contribution in [-0.4, -0.2) is 68.2 Å². The van der Waals surface area contributed by atoms with Crippen molar-refractivity contribution in [1.82, 2.24) is 15.1 Å². The smallest absolute Gasteiger partial charge is 0.254 e. The topological polar surface area (TPSA) is 71.1 Å². The highest BCUT2D eigenvalue weighted by Crippen LogP contribution is 2.33. The molecule has 7 nitrogen and oxygen atoms in total. The zero-order valence-electron chi connectivity index (χ0n) is 14.5. The molecule has 1 aromatic rings. The number of likely N-dealkylation sites (N-methyl/N-ethyl adjacent to an activating group) is 2. The number of nitrogens with one attached hydrogen (secondary N) is 1. The van der Waals surface area contributed by atoms with Crippen molar-refractivity contribution in [2.75, 3.05) is 40.5 Å². The molecular weight excluding hydrogens is 346 g/mol. The van der Waals surface area contributed by atoms with Crippen LogP contribution < -0.4 is 14.8 Å². The zero-order chi connectivity index (χ0) is 17.1. The van der Waals surface area contributed by atoms with Gasteiger partial charge in [0.25, 0.3) is 5.91 Å². The molecule has 1 atom stereocenters. The molecule has 0 radical (unpaired) electrons. The Morgan fingerprint density at radius 3 is 2.84 bits per heavy atom. The highest BCUT2D eigenvalue weighted by molar-refractivity contribution is 5.98. The first-order chi connectivity index (χ1) is 11.6. The minimum Gasteiger partial charge on any atom is -0.454 e. The molecule has 2 amide bonds. The number of amides is 2. The molecule has 1 N–H and O–H groups in total. The second-order valence-electron chi connectivity index (χ2n) is 6.09. The van der Waals surface area contributed by atoms with Gasteiger partial charge in [-0.15, -0.1) is 12.4 Å². The largest absolute Gasteiger partial charge is 0.454 e. The molecule has 25 heavy (non-hydrogen) atoms. The zero-order valence-corrected chi connectivity index (χ0v) is 15.3. The summed E-state index contributed by atoms with van der Waals surface area (Å²) >= 11 is 0. The summed E-state index contributed by atoms with van der Waals surface area (Å²) in [4.78, 5) is 28.9. The SMILES string of the molecule is CNCCN(C)C(=O)C1CCCN1C(=O)c1ccc2c(c1)OCO2.Cl. The van der Waals surface area contributed by atoms with Gasteiger partial charge in [0.1, 0.15) is 6.04 Å².